The van der Waals surface area contributed by atoms with E-state index in [2.05, 4.69) is 5.32 Å². The summed E-state index contributed by atoms with van der Waals surface area (Å²) in [6, 6.07) is 2.19. The number of carboxylic acid groups (broad SMARTS) is 1. The molecular weight excluding hydrogens is 250 g/mol. The SMILES string of the molecule is O=C(O)c1csc(CNC2CCOC2C2CC2)c1. The second-order valence-corrected chi connectivity index (χ2v) is 6.05. The van der Waals surface area contributed by atoms with E-state index in [0.29, 0.717) is 17.7 Å². The molecule has 2 N–H and O–H groups in total. The van der Waals surface area contributed by atoms with Crippen molar-refractivity contribution in [2.75, 3.05) is 6.61 Å². The third-order valence-electron chi connectivity index (χ3n) is 3.66. The molecule has 1 saturated carbocycles. The van der Waals surface area contributed by atoms with Gasteiger partial charge >= 0.3 is 5.97 Å². The lowest BCUT2D eigenvalue weighted by Crippen LogP contribution is -2.37. The van der Waals surface area contributed by atoms with E-state index in [9.17, 15) is 4.79 Å². The van der Waals surface area contributed by atoms with E-state index < -0.39 is 5.97 Å². The number of rotatable bonds is 5. The van der Waals surface area contributed by atoms with Crippen molar-refractivity contribution in [2.24, 2.45) is 5.92 Å². The Morgan fingerprint density at radius 2 is 2.33 bits per heavy atom. The summed E-state index contributed by atoms with van der Waals surface area (Å²) in [6.07, 6.45) is 4.04. The molecule has 1 aromatic rings. The minimum atomic E-state index is -0.849. The van der Waals surface area contributed by atoms with Gasteiger partial charge in [0.1, 0.15) is 0 Å². The summed E-state index contributed by atoms with van der Waals surface area (Å²) in [5.74, 6) is -0.0968. The second kappa shape index (κ2) is 4.99. The lowest BCUT2D eigenvalue weighted by Gasteiger charge is -2.18. The number of ether oxygens (including phenoxy) is 1. The fourth-order valence-corrected chi connectivity index (χ4v) is 3.35. The van der Waals surface area contributed by atoms with Crippen LogP contribution in [0.25, 0.3) is 0 Å². The van der Waals surface area contributed by atoms with E-state index in [1.54, 1.807) is 11.4 Å². The highest BCUT2D eigenvalue weighted by molar-refractivity contribution is 7.10. The zero-order chi connectivity index (χ0) is 12.5. The van der Waals surface area contributed by atoms with Gasteiger partial charge in [-0.2, -0.15) is 0 Å². The Kier molecular flexibility index (Phi) is 3.37. The van der Waals surface area contributed by atoms with Gasteiger partial charge in [-0.05, 0) is 31.2 Å². The molecule has 18 heavy (non-hydrogen) atoms. The van der Waals surface area contributed by atoms with Crippen LogP contribution in [0.1, 0.15) is 34.5 Å². The highest BCUT2D eigenvalue weighted by Gasteiger charge is 2.40. The summed E-state index contributed by atoms with van der Waals surface area (Å²) in [7, 11) is 0. The summed E-state index contributed by atoms with van der Waals surface area (Å²) in [4.78, 5) is 11.9. The molecule has 1 aliphatic carbocycles. The molecule has 0 amide bonds. The van der Waals surface area contributed by atoms with Crippen LogP contribution in [0.3, 0.4) is 0 Å². The predicted octanol–water partition coefficient (Wildman–Crippen LogP) is 2.10. The van der Waals surface area contributed by atoms with Gasteiger partial charge < -0.3 is 15.2 Å². The van der Waals surface area contributed by atoms with Crippen molar-refractivity contribution >= 4 is 17.3 Å². The van der Waals surface area contributed by atoms with Gasteiger partial charge in [0.2, 0.25) is 0 Å². The first-order valence-corrected chi connectivity index (χ1v) is 7.27. The van der Waals surface area contributed by atoms with Gasteiger partial charge in [-0.3, -0.25) is 0 Å². The number of carbonyl (C=O) groups is 1. The molecule has 0 bridgehead atoms. The highest BCUT2D eigenvalue weighted by atomic mass is 32.1. The standard InChI is InChI=1S/C13H17NO3S/c15-13(16)9-5-10(18-7-9)6-14-11-3-4-17-12(11)8-1-2-8/h5,7-8,11-12,14H,1-4,6H2,(H,15,16). The van der Waals surface area contributed by atoms with Gasteiger partial charge in [-0.25, -0.2) is 4.79 Å². The van der Waals surface area contributed by atoms with Gasteiger partial charge in [0.05, 0.1) is 11.7 Å². The Morgan fingerprint density at radius 3 is 3.00 bits per heavy atom. The number of carboxylic acids is 1. The molecule has 0 aromatic carbocycles. The minimum Gasteiger partial charge on any atom is -0.478 e. The van der Waals surface area contributed by atoms with Crippen LogP contribution in [0, 0.1) is 5.92 Å². The molecule has 2 fully saturated rings. The molecular formula is C13H17NO3S. The van der Waals surface area contributed by atoms with Crippen LogP contribution in [-0.2, 0) is 11.3 Å². The number of nitrogens with one attached hydrogen (secondary N) is 1. The van der Waals surface area contributed by atoms with Gasteiger partial charge in [0.25, 0.3) is 0 Å². The molecule has 1 aliphatic heterocycles. The van der Waals surface area contributed by atoms with Gasteiger partial charge in [0, 0.05) is 29.5 Å². The molecule has 2 aliphatic rings. The molecule has 0 spiro atoms. The summed E-state index contributed by atoms with van der Waals surface area (Å²) in [5, 5.41) is 14.1. The molecule has 98 valence electrons. The Balaban J connectivity index is 1.55. The average Bonchev–Trinajstić information content (AvgIpc) is 2.92. The molecule has 5 heteroatoms. The predicted molar refractivity (Wildman–Crippen MR) is 69.0 cm³/mol. The smallest absolute Gasteiger partial charge is 0.336 e. The summed E-state index contributed by atoms with van der Waals surface area (Å²) in [6.45, 7) is 1.60. The summed E-state index contributed by atoms with van der Waals surface area (Å²) in [5.41, 5.74) is 0.387. The van der Waals surface area contributed by atoms with Gasteiger partial charge in [0.15, 0.2) is 0 Å². The van der Waals surface area contributed by atoms with E-state index in [0.717, 1.165) is 30.4 Å². The van der Waals surface area contributed by atoms with Crippen LogP contribution in [-0.4, -0.2) is 29.8 Å². The summed E-state index contributed by atoms with van der Waals surface area (Å²) >= 11 is 1.50. The number of hydrogen-bond acceptors (Lipinski definition) is 4. The first-order valence-electron chi connectivity index (χ1n) is 6.40. The van der Waals surface area contributed by atoms with Crippen LogP contribution < -0.4 is 5.32 Å². The third-order valence-corrected chi connectivity index (χ3v) is 4.60. The summed E-state index contributed by atoms with van der Waals surface area (Å²) < 4.78 is 5.77. The Hall–Kier alpha value is -0.910. The zero-order valence-corrected chi connectivity index (χ0v) is 10.9. The zero-order valence-electron chi connectivity index (χ0n) is 10.1. The minimum absolute atomic E-state index is 0.379. The molecule has 3 rings (SSSR count). The molecule has 2 atom stereocenters. The van der Waals surface area contributed by atoms with Crippen LogP contribution in [0.15, 0.2) is 11.4 Å². The maximum absolute atomic E-state index is 10.8. The van der Waals surface area contributed by atoms with E-state index in [4.69, 9.17) is 9.84 Å². The molecule has 1 aromatic heterocycles. The van der Waals surface area contributed by atoms with Crippen molar-refractivity contribution in [2.45, 2.75) is 38.0 Å². The van der Waals surface area contributed by atoms with Crippen LogP contribution >= 0.6 is 11.3 Å². The Labute approximate surface area is 110 Å². The second-order valence-electron chi connectivity index (χ2n) is 5.06. The number of thiophene rings is 1. The van der Waals surface area contributed by atoms with Crippen molar-refractivity contribution in [1.29, 1.82) is 0 Å². The maximum atomic E-state index is 10.8. The Morgan fingerprint density at radius 1 is 1.50 bits per heavy atom. The molecule has 4 nitrogen and oxygen atoms in total. The van der Waals surface area contributed by atoms with Crippen molar-refractivity contribution in [1.82, 2.24) is 5.32 Å². The topological polar surface area (TPSA) is 58.6 Å². The molecule has 2 heterocycles. The average molecular weight is 267 g/mol. The third kappa shape index (κ3) is 2.58. The molecule has 1 saturated heterocycles. The molecule has 2 unspecified atom stereocenters. The van der Waals surface area contributed by atoms with E-state index >= 15 is 0 Å². The maximum Gasteiger partial charge on any atom is 0.336 e. The van der Waals surface area contributed by atoms with Crippen LogP contribution in [0.2, 0.25) is 0 Å². The first kappa shape index (κ1) is 12.1. The van der Waals surface area contributed by atoms with E-state index in [1.165, 1.54) is 24.2 Å². The number of aromatic carboxylic acids is 1. The Bertz CT molecular complexity index is 441. The fraction of sp³-hybridized carbons (Fsp3) is 0.615. The lowest BCUT2D eigenvalue weighted by molar-refractivity contribution is 0.0697. The highest BCUT2D eigenvalue weighted by Crippen LogP contribution is 2.38. The van der Waals surface area contributed by atoms with Crippen molar-refractivity contribution in [3.8, 4) is 0 Å². The largest absolute Gasteiger partial charge is 0.478 e. The molecule has 0 radical (unpaired) electrons. The van der Waals surface area contributed by atoms with Crippen molar-refractivity contribution in [3.63, 3.8) is 0 Å². The fourth-order valence-electron chi connectivity index (χ4n) is 2.54. The van der Waals surface area contributed by atoms with Gasteiger partial charge in [-0.1, -0.05) is 0 Å². The monoisotopic (exact) mass is 267 g/mol. The van der Waals surface area contributed by atoms with Crippen molar-refractivity contribution in [3.05, 3.63) is 21.9 Å². The normalized spacial score (nSPS) is 27.6. The number of hydrogen-bond donors (Lipinski definition) is 2. The van der Waals surface area contributed by atoms with Crippen LogP contribution in [0.4, 0.5) is 0 Å². The van der Waals surface area contributed by atoms with E-state index in [-0.39, 0.29) is 0 Å². The van der Waals surface area contributed by atoms with Crippen LogP contribution in [0.5, 0.6) is 0 Å². The first-order chi connectivity index (χ1) is 8.74. The van der Waals surface area contributed by atoms with Crippen molar-refractivity contribution < 1.29 is 14.6 Å². The van der Waals surface area contributed by atoms with E-state index in [1.807, 2.05) is 0 Å². The lowest BCUT2D eigenvalue weighted by atomic mass is 10.1. The quantitative estimate of drug-likeness (QED) is 0.858. The van der Waals surface area contributed by atoms with Gasteiger partial charge in [-0.15, -0.1) is 11.3 Å².